The Hall–Kier alpha value is 0.370. The Morgan fingerprint density at radius 3 is 2.57 bits per heavy atom. The van der Waals surface area contributed by atoms with Gasteiger partial charge in [0.2, 0.25) is 0 Å². The van der Waals surface area contributed by atoms with Crippen LogP contribution in [0.4, 0.5) is 0 Å². The Labute approximate surface area is 53.3 Å². The number of thioether (sulfide) groups is 1. The molecule has 0 spiro atoms. The van der Waals surface area contributed by atoms with Crippen LogP contribution in [0.1, 0.15) is 6.42 Å². The lowest BCUT2D eigenvalue weighted by Crippen LogP contribution is -1.86. The van der Waals surface area contributed by atoms with Crippen LogP contribution in [-0.4, -0.2) is 17.1 Å². The lowest BCUT2D eigenvalue weighted by atomic mass is 10.5. The number of hydrogen-bond acceptors (Lipinski definition) is 2. The first-order valence-electron chi connectivity index (χ1n) is 1.98. The summed E-state index contributed by atoms with van der Waals surface area (Å²) < 4.78 is 0. The van der Waals surface area contributed by atoms with Crippen LogP contribution in [0.25, 0.3) is 0 Å². The number of thiol groups is 1. The molecule has 0 atom stereocenters. The Morgan fingerprint density at radius 1 is 1.86 bits per heavy atom. The van der Waals surface area contributed by atoms with E-state index in [1.165, 1.54) is 0 Å². The maximum atomic E-state index is 10.1. The molecule has 0 N–H and O–H groups in total. The average molecular weight is 136 g/mol. The highest BCUT2D eigenvalue weighted by atomic mass is 32.2. The molecule has 0 aliphatic carbocycles. The van der Waals surface area contributed by atoms with Crippen LogP contribution >= 0.6 is 24.4 Å². The highest BCUT2D eigenvalue weighted by molar-refractivity contribution is 7.99. The van der Waals surface area contributed by atoms with Crippen molar-refractivity contribution in [3.05, 3.63) is 0 Å². The van der Waals surface area contributed by atoms with Crippen molar-refractivity contribution in [2.45, 2.75) is 6.42 Å². The van der Waals surface area contributed by atoms with Gasteiger partial charge in [-0.3, -0.25) is 4.79 Å². The van der Waals surface area contributed by atoms with Crippen LogP contribution in [0.5, 0.6) is 0 Å². The van der Waals surface area contributed by atoms with Crippen molar-refractivity contribution in [3.63, 3.8) is 0 Å². The molecule has 7 heavy (non-hydrogen) atoms. The SMILES string of the molecule is CSCCC(=O)S. The molecule has 0 aliphatic heterocycles. The molecule has 1 nitrogen and oxygen atoms in total. The van der Waals surface area contributed by atoms with E-state index in [4.69, 9.17) is 0 Å². The van der Waals surface area contributed by atoms with Crippen LogP contribution in [0.2, 0.25) is 0 Å². The highest BCUT2D eigenvalue weighted by Gasteiger charge is 1.88. The first-order valence-corrected chi connectivity index (χ1v) is 3.82. The first-order chi connectivity index (χ1) is 3.27. The molecule has 42 valence electrons. The van der Waals surface area contributed by atoms with Gasteiger partial charge in [0.05, 0.1) is 0 Å². The van der Waals surface area contributed by atoms with Crippen LogP contribution in [0.15, 0.2) is 0 Å². The van der Waals surface area contributed by atoms with Crippen molar-refractivity contribution in [1.29, 1.82) is 0 Å². The molecule has 0 radical (unpaired) electrons. The molecule has 0 saturated heterocycles. The molecule has 0 aromatic heterocycles. The number of carbonyl (C=O) groups excluding carboxylic acids is 1. The minimum absolute atomic E-state index is 0.0191. The van der Waals surface area contributed by atoms with Crippen molar-refractivity contribution in [2.75, 3.05) is 12.0 Å². The van der Waals surface area contributed by atoms with Crippen molar-refractivity contribution in [1.82, 2.24) is 0 Å². The maximum absolute atomic E-state index is 10.1. The number of rotatable bonds is 3. The zero-order chi connectivity index (χ0) is 5.70. The lowest BCUT2D eigenvalue weighted by Gasteiger charge is -1.86. The second kappa shape index (κ2) is 4.53. The molecule has 0 aromatic rings. The summed E-state index contributed by atoms with van der Waals surface area (Å²) in [4.78, 5) is 10.1. The zero-order valence-corrected chi connectivity index (χ0v) is 5.89. The minimum Gasteiger partial charge on any atom is -0.287 e. The van der Waals surface area contributed by atoms with Crippen molar-refractivity contribution >= 4 is 29.5 Å². The van der Waals surface area contributed by atoms with Crippen LogP contribution in [0, 0.1) is 0 Å². The molecule has 0 bridgehead atoms. The fourth-order valence-corrected chi connectivity index (χ4v) is 0.842. The summed E-state index contributed by atoms with van der Waals surface area (Å²) in [6.07, 6.45) is 2.56. The monoisotopic (exact) mass is 136 g/mol. The fourth-order valence-electron chi connectivity index (χ4n) is 0.189. The van der Waals surface area contributed by atoms with E-state index in [2.05, 4.69) is 12.6 Å². The summed E-state index contributed by atoms with van der Waals surface area (Å²) in [5.74, 6) is 0.891. The molecule has 0 rings (SSSR count). The van der Waals surface area contributed by atoms with Gasteiger partial charge in [0.25, 0.3) is 0 Å². The summed E-state index contributed by atoms with van der Waals surface area (Å²) in [6.45, 7) is 0. The van der Waals surface area contributed by atoms with Crippen molar-refractivity contribution in [2.24, 2.45) is 0 Å². The van der Waals surface area contributed by atoms with Crippen molar-refractivity contribution < 1.29 is 4.79 Å². The third kappa shape index (κ3) is 6.37. The van der Waals surface area contributed by atoms with Crippen LogP contribution < -0.4 is 0 Å². The Balaban J connectivity index is 2.82. The van der Waals surface area contributed by atoms with Gasteiger partial charge < -0.3 is 0 Å². The van der Waals surface area contributed by atoms with Gasteiger partial charge >= 0.3 is 0 Å². The second-order valence-electron chi connectivity index (χ2n) is 1.14. The molecule has 3 heteroatoms. The van der Waals surface area contributed by atoms with Crippen LogP contribution in [-0.2, 0) is 4.79 Å². The highest BCUT2D eigenvalue weighted by Crippen LogP contribution is 1.96. The summed E-state index contributed by atoms with van der Waals surface area (Å²) in [6, 6.07) is 0. The largest absolute Gasteiger partial charge is 0.287 e. The average Bonchev–Trinajstić information content (AvgIpc) is 1.61. The summed E-state index contributed by atoms with van der Waals surface area (Å²) >= 11 is 5.24. The van der Waals surface area contributed by atoms with E-state index in [0.717, 1.165) is 5.75 Å². The molecule has 0 unspecified atom stereocenters. The predicted molar refractivity (Wildman–Crippen MR) is 37.0 cm³/mol. The fraction of sp³-hybridized carbons (Fsp3) is 0.750. The maximum Gasteiger partial charge on any atom is 0.186 e. The smallest absolute Gasteiger partial charge is 0.186 e. The van der Waals surface area contributed by atoms with E-state index < -0.39 is 0 Å². The topological polar surface area (TPSA) is 17.1 Å². The second-order valence-corrected chi connectivity index (χ2v) is 2.62. The van der Waals surface area contributed by atoms with Gasteiger partial charge in [-0.1, -0.05) is 0 Å². The minimum atomic E-state index is -0.0191. The third-order valence-electron chi connectivity index (χ3n) is 0.520. The number of hydrogen-bond donors (Lipinski definition) is 1. The van der Waals surface area contributed by atoms with Gasteiger partial charge in [-0.2, -0.15) is 11.8 Å². The molecule has 0 aliphatic rings. The number of carbonyl (C=O) groups is 1. The Kier molecular flexibility index (Phi) is 4.77. The van der Waals surface area contributed by atoms with Gasteiger partial charge in [0.1, 0.15) is 0 Å². The predicted octanol–water partition coefficient (Wildman–Crippen LogP) is 1.20. The molecule has 0 heterocycles. The van der Waals surface area contributed by atoms with Gasteiger partial charge in [-0.25, -0.2) is 0 Å². The Morgan fingerprint density at radius 2 is 2.43 bits per heavy atom. The van der Waals surface area contributed by atoms with Gasteiger partial charge in [-0.15, -0.1) is 12.6 Å². The molecular weight excluding hydrogens is 128 g/mol. The zero-order valence-electron chi connectivity index (χ0n) is 4.18. The van der Waals surface area contributed by atoms with E-state index in [0.29, 0.717) is 6.42 Å². The summed E-state index contributed by atoms with van der Waals surface area (Å²) in [5, 5.41) is -0.0191. The van der Waals surface area contributed by atoms with E-state index in [9.17, 15) is 4.79 Å². The van der Waals surface area contributed by atoms with Crippen LogP contribution in [0.3, 0.4) is 0 Å². The molecule has 0 amide bonds. The lowest BCUT2D eigenvalue weighted by molar-refractivity contribution is -0.110. The summed E-state index contributed by atoms with van der Waals surface area (Å²) in [7, 11) is 0. The van der Waals surface area contributed by atoms with E-state index >= 15 is 0 Å². The van der Waals surface area contributed by atoms with Gasteiger partial charge in [-0.05, 0) is 6.26 Å². The van der Waals surface area contributed by atoms with Gasteiger partial charge in [0, 0.05) is 12.2 Å². The standard InChI is InChI=1S/C4H8OS2/c1-7-3-2-4(5)6/h2-3H2,1H3,(H,5,6). The van der Waals surface area contributed by atoms with Crippen molar-refractivity contribution in [3.8, 4) is 0 Å². The first kappa shape index (κ1) is 7.37. The molecular formula is C4H8OS2. The van der Waals surface area contributed by atoms with E-state index in [1.807, 2.05) is 6.26 Å². The van der Waals surface area contributed by atoms with E-state index in [-0.39, 0.29) is 5.12 Å². The quantitative estimate of drug-likeness (QED) is 0.587. The third-order valence-corrected chi connectivity index (χ3v) is 1.36. The molecule has 0 aromatic carbocycles. The Bertz CT molecular complexity index is 62.7. The molecule has 0 fully saturated rings. The van der Waals surface area contributed by atoms with Gasteiger partial charge in [0.15, 0.2) is 5.12 Å². The van der Waals surface area contributed by atoms with E-state index in [1.54, 1.807) is 11.8 Å². The summed E-state index contributed by atoms with van der Waals surface area (Å²) in [5.41, 5.74) is 0. The molecule has 0 saturated carbocycles. The normalized spacial score (nSPS) is 8.86.